The van der Waals surface area contributed by atoms with E-state index in [1.807, 2.05) is 6.92 Å². The van der Waals surface area contributed by atoms with E-state index in [0.717, 1.165) is 39.0 Å². The molecule has 5 heteroatoms. The Bertz CT molecular complexity index is 393. The normalized spacial score (nSPS) is 17.9. The Hall–Kier alpha value is -1.36. The summed E-state index contributed by atoms with van der Waals surface area (Å²) < 4.78 is 1.77. The number of aryl methyl sites for hydroxylation is 1. The molecular weight excluding hydrogens is 228 g/mol. The van der Waals surface area contributed by atoms with Gasteiger partial charge in [0.1, 0.15) is 0 Å². The first-order chi connectivity index (χ1) is 8.72. The van der Waals surface area contributed by atoms with Gasteiger partial charge in [0.25, 0.3) is 5.91 Å². The number of likely N-dealkylation sites (tertiary alicyclic amines) is 1. The predicted octanol–water partition coefficient (Wildman–Crippen LogP) is 1.12. The Morgan fingerprint density at radius 1 is 1.39 bits per heavy atom. The van der Waals surface area contributed by atoms with Gasteiger partial charge in [0.05, 0.1) is 11.8 Å². The number of nitrogens with zero attached hydrogens (tertiary/aromatic N) is 3. The second-order valence-corrected chi connectivity index (χ2v) is 4.77. The van der Waals surface area contributed by atoms with E-state index in [-0.39, 0.29) is 5.91 Å². The Morgan fingerprint density at radius 3 is 2.67 bits per heavy atom. The zero-order valence-corrected chi connectivity index (χ0v) is 11.2. The van der Waals surface area contributed by atoms with Crippen molar-refractivity contribution < 1.29 is 4.79 Å². The minimum Gasteiger partial charge on any atom is -0.349 e. The molecule has 0 unspecified atom stereocenters. The van der Waals surface area contributed by atoms with Crippen LogP contribution in [-0.4, -0.2) is 46.3 Å². The van der Waals surface area contributed by atoms with Crippen LogP contribution in [0.2, 0.25) is 0 Å². The standard InChI is InChI=1S/C13H22N4O/c1-3-16-7-5-12(6-8-16)15-13(18)11-9-14-17(4-2)10-11/h9-10,12H,3-8H2,1-2H3,(H,15,18). The molecule has 0 saturated carbocycles. The zero-order valence-electron chi connectivity index (χ0n) is 11.2. The molecule has 0 aliphatic carbocycles. The zero-order chi connectivity index (χ0) is 13.0. The molecule has 1 amide bonds. The molecule has 1 saturated heterocycles. The highest BCUT2D eigenvalue weighted by Gasteiger charge is 2.20. The fourth-order valence-corrected chi connectivity index (χ4v) is 2.32. The summed E-state index contributed by atoms with van der Waals surface area (Å²) in [6.45, 7) is 8.24. The molecule has 100 valence electrons. The van der Waals surface area contributed by atoms with E-state index in [1.165, 1.54) is 0 Å². The highest BCUT2D eigenvalue weighted by Crippen LogP contribution is 2.10. The fourth-order valence-electron chi connectivity index (χ4n) is 2.32. The van der Waals surface area contributed by atoms with Crippen molar-refractivity contribution in [2.24, 2.45) is 0 Å². The molecule has 1 aromatic heterocycles. The summed E-state index contributed by atoms with van der Waals surface area (Å²) >= 11 is 0. The van der Waals surface area contributed by atoms with Crippen LogP contribution in [0.5, 0.6) is 0 Å². The van der Waals surface area contributed by atoms with Crippen LogP contribution < -0.4 is 5.32 Å². The van der Waals surface area contributed by atoms with Gasteiger partial charge in [-0.05, 0) is 26.3 Å². The van der Waals surface area contributed by atoms with Crippen LogP contribution in [0.25, 0.3) is 0 Å². The van der Waals surface area contributed by atoms with E-state index in [0.29, 0.717) is 11.6 Å². The molecule has 2 heterocycles. The third-order valence-electron chi connectivity index (χ3n) is 3.59. The van der Waals surface area contributed by atoms with E-state index in [2.05, 4.69) is 22.2 Å². The van der Waals surface area contributed by atoms with Crippen LogP contribution in [0.1, 0.15) is 37.0 Å². The molecule has 1 aromatic rings. The van der Waals surface area contributed by atoms with Crippen LogP contribution in [0.4, 0.5) is 0 Å². The maximum atomic E-state index is 12.0. The molecule has 18 heavy (non-hydrogen) atoms. The Balaban J connectivity index is 1.84. The lowest BCUT2D eigenvalue weighted by atomic mass is 10.0. The van der Waals surface area contributed by atoms with E-state index in [9.17, 15) is 4.79 Å². The Labute approximate surface area is 108 Å². The molecule has 1 N–H and O–H groups in total. The Morgan fingerprint density at radius 2 is 2.11 bits per heavy atom. The van der Waals surface area contributed by atoms with E-state index in [1.54, 1.807) is 17.1 Å². The SMILES string of the molecule is CCN1CCC(NC(=O)c2cnn(CC)c2)CC1. The van der Waals surface area contributed by atoms with Crippen LogP contribution in [0.15, 0.2) is 12.4 Å². The minimum atomic E-state index is 0.00430. The molecule has 0 bridgehead atoms. The van der Waals surface area contributed by atoms with Gasteiger partial charge in [0, 0.05) is 31.9 Å². The van der Waals surface area contributed by atoms with Gasteiger partial charge >= 0.3 is 0 Å². The average molecular weight is 250 g/mol. The van der Waals surface area contributed by atoms with Gasteiger partial charge in [0.15, 0.2) is 0 Å². The van der Waals surface area contributed by atoms with E-state index < -0.39 is 0 Å². The largest absolute Gasteiger partial charge is 0.349 e. The van der Waals surface area contributed by atoms with Gasteiger partial charge < -0.3 is 10.2 Å². The predicted molar refractivity (Wildman–Crippen MR) is 70.5 cm³/mol. The van der Waals surface area contributed by atoms with Crippen molar-refractivity contribution in [2.75, 3.05) is 19.6 Å². The molecule has 5 nitrogen and oxygen atoms in total. The molecule has 1 fully saturated rings. The van der Waals surface area contributed by atoms with Gasteiger partial charge in [-0.25, -0.2) is 0 Å². The van der Waals surface area contributed by atoms with Gasteiger partial charge in [-0.15, -0.1) is 0 Å². The summed E-state index contributed by atoms with van der Waals surface area (Å²) in [7, 11) is 0. The second-order valence-electron chi connectivity index (χ2n) is 4.77. The van der Waals surface area contributed by atoms with Crippen molar-refractivity contribution >= 4 is 5.91 Å². The van der Waals surface area contributed by atoms with Crippen molar-refractivity contribution in [2.45, 2.75) is 39.3 Å². The van der Waals surface area contributed by atoms with Crippen molar-refractivity contribution in [3.63, 3.8) is 0 Å². The van der Waals surface area contributed by atoms with Gasteiger partial charge in [-0.1, -0.05) is 6.92 Å². The third kappa shape index (κ3) is 3.10. The highest BCUT2D eigenvalue weighted by atomic mass is 16.1. The summed E-state index contributed by atoms with van der Waals surface area (Å²) in [6, 6.07) is 0.310. The van der Waals surface area contributed by atoms with Crippen molar-refractivity contribution in [3.05, 3.63) is 18.0 Å². The number of piperidine rings is 1. The number of carbonyl (C=O) groups excluding carboxylic acids is 1. The second kappa shape index (κ2) is 6.00. The first kappa shape index (κ1) is 13.1. The van der Waals surface area contributed by atoms with Gasteiger partial charge in [0.2, 0.25) is 0 Å². The summed E-state index contributed by atoms with van der Waals surface area (Å²) in [5.41, 5.74) is 0.662. The monoisotopic (exact) mass is 250 g/mol. The summed E-state index contributed by atoms with van der Waals surface area (Å²) in [5, 5.41) is 7.22. The molecule has 0 aromatic carbocycles. The number of aromatic nitrogens is 2. The van der Waals surface area contributed by atoms with Gasteiger partial charge in [-0.2, -0.15) is 5.10 Å². The molecular formula is C13H22N4O. The smallest absolute Gasteiger partial charge is 0.254 e. The molecule has 0 atom stereocenters. The molecule has 2 rings (SSSR count). The van der Waals surface area contributed by atoms with Crippen LogP contribution >= 0.6 is 0 Å². The van der Waals surface area contributed by atoms with Crippen molar-refractivity contribution in [1.29, 1.82) is 0 Å². The maximum absolute atomic E-state index is 12.0. The lowest BCUT2D eigenvalue weighted by molar-refractivity contribution is 0.0912. The number of nitrogens with one attached hydrogen (secondary N) is 1. The minimum absolute atomic E-state index is 0.00430. The lowest BCUT2D eigenvalue weighted by Crippen LogP contribution is -2.44. The summed E-state index contributed by atoms with van der Waals surface area (Å²) in [4.78, 5) is 14.4. The van der Waals surface area contributed by atoms with Crippen molar-refractivity contribution in [3.8, 4) is 0 Å². The number of hydrogen-bond acceptors (Lipinski definition) is 3. The summed E-state index contributed by atoms with van der Waals surface area (Å²) in [5.74, 6) is 0.00430. The van der Waals surface area contributed by atoms with Crippen LogP contribution in [0, 0.1) is 0 Å². The van der Waals surface area contributed by atoms with E-state index >= 15 is 0 Å². The first-order valence-electron chi connectivity index (χ1n) is 6.78. The molecule has 1 aliphatic heterocycles. The Kier molecular flexibility index (Phi) is 4.36. The van der Waals surface area contributed by atoms with Crippen LogP contribution in [0.3, 0.4) is 0 Å². The lowest BCUT2D eigenvalue weighted by Gasteiger charge is -2.31. The molecule has 1 aliphatic rings. The van der Waals surface area contributed by atoms with E-state index in [4.69, 9.17) is 0 Å². The summed E-state index contributed by atoms with van der Waals surface area (Å²) in [6.07, 6.45) is 5.53. The molecule has 0 radical (unpaired) electrons. The highest BCUT2D eigenvalue weighted by molar-refractivity contribution is 5.93. The quantitative estimate of drug-likeness (QED) is 0.871. The average Bonchev–Trinajstić information content (AvgIpc) is 2.88. The third-order valence-corrected chi connectivity index (χ3v) is 3.59. The number of rotatable bonds is 4. The maximum Gasteiger partial charge on any atom is 0.254 e. The topological polar surface area (TPSA) is 50.2 Å². The van der Waals surface area contributed by atoms with Crippen molar-refractivity contribution in [1.82, 2.24) is 20.0 Å². The first-order valence-corrected chi connectivity index (χ1v) is 6.78. The number of carbonyl (C=O) groups is 1. The molecule has 0 spiro atoms. The van der Waals surface area contributed by atoms with Gasteiger partial charge in [-0.3, -0.25) is 9.48 Å². The number of hydrogen-bond donors (Lipinski definition) is 1. The fraction of sp³-hybridized carbons (Fsp3) is 0.692. The van der Waals surface area contributed by atoms with Crippen LogP contribution in [-0.2, 0) is 6.54 Å². The number of amides is 1.